The van der Waals surface area contributed by atoms with Gasteiger partial charge in [-0.1, -0.05) is 17.5 Å². The van der Waals surface area contributed by atoms with Gasteiger partial charge in [0.1, 0.15) is 11.6 Å². The SMILES string of the molecule is C#Cc1cc(C(=O)Nc2cnc(-n3nccn3)c(Cl)c2)c(F)cc1-c1ccc(F)cc1N. The van der Waals surface area contributed by atoms with Crippen LogP contribution in [0.25, 0.3) is 16.9 Å². The lowest BCUT2D eigenvalue weighted by atomic mass is 9.96. The van der Waals surface area contributed by atoms with Crippen molar-refractivity contribution in [2.45, 2.75) is 0 Å². The fourth-order valence-electron chi connectivity index (χ4n) is 3.04. The zero-order chi connectivity index (χ0) is 22.8. The van der Waals surface area contributed by atoms with Crippen LogP contribution >= 0.6 is 11.6 Å². The Morgan fingerprint density at radius 1 is 1.12 bits per heavy atom. The molecule has 32 heavy (non-hydrogen) atoms. The second-order valence-electron chi connectivity index (χ2n) is 6.56. The number of anilines is 2. The lowest BCUT2D eigenvalue weighted by Crippen LogP contribution is -2.15. The summed E-state index contributed by atoms with van der Waals surface area (Å²) in [7, 11) is 0. The van der Waals surface area contributed by atoms with Crippen LogP contribution in [-0.4, -0.2) is 25.9 Å². The molecule has 158 valence electrons. The van der Waals surface area contributed by atoms with E-state index in [2.05, 4.69) is 26.4 Å². The van der Waals surface area contributed by atoms with Gasteiger partial charge in [0.2, 0.25) is 0 Å². The predicted octanol–water partition coefficient (Wildman–Crippen LogP) is 4.08. The Morgan fingerprint density at radius 3 is 2.53 bits per heavy atom. The minimum absolute atomic E-state index is 0.0885. The number of terminal acetylenes is 1. The average Bonchev–Trinajstić information content (AvgIpc) is 3.28. The van der Waals surface area contributed by atoms with Crippen molar-refractivity contribution >= 4 is 28.9 Å². The summed E-state index contributed by atoms with van der Waals surface area (Å²) >= 11 is 6.19. The maximum Gasteiger partial charge on any atom is 0.258 e. The van der Waals surface area contributed by atoms with E-state index in [1.54, 1.807) is 0 Å². The molecule has 0 fully saturated rings. The Hall–Kier alpha value is -4.29. The molecule has 0 aliphatic rings. The number of nitrogens with two attached hydrogens (primary N) is 1. The van der Waals surface area contributed by atoms with Gasteiger partial charge >= 0.3 is 0 Å². The van der Waals surface area contributed by atoms with Gasteiger partial charge in [-0.2, -0.15) is 10.2 Å². The van der Waals surface area contributed by atoms with E-state index >= 15 is 0 Å². The van der Waals surface area contributed by atoms with Crippen molar-refractivity contribution in [1.82, 2.24) is 20.0 Å². The molecule has 4 rings (SSSR count). The molecule has 10 heteroatoms. The molecule has 1 amide bonds. The summed E-state index contributed by atoms with van der Waals surface area (Å²) in [5, 5.41) is 10.6. The van der Waals surface area contributed by atoms with Crippen LogP contribution in [0, 0.1) is 24.0 Å². The van der Waals surface area contributed by atoms with Crippen molar-refractivity contribution in [3.05, 3.63) is 82.8 Å². The molecule has 0 saturated heterocycles. The van der Waals surface area contributed by atoms with Crippen LogP contribution in [-0.2, 0) is 0 Å². The predicted molar refractivity (Wildman–Crippen MR) is 116 cm³/mol. The molecule has 0 unspecified atom stereocenters. The maximum absolute atomic E-state index is 14.8. The van der Waals surface area contributed by atoms with Gasteiger partial charge < -0.3 is 11.1 Å². The molecule has 2 heterocycles. The maximum atomic E-state index is 14.8. The van der Waals surface area contributed by atoms with Crippen LogP contribution in [0.4, 0.5) is 20.2 Å². The second-order valence-corrected chi connectivity index (χ2v) is 6.96. The first-order valence-corrected chi connectivity index (χ1v) is 9.44. The summed E-state index contributed by atoms with van der Waals surface area (Å²) in [6.07, 6.45) is 9.81. The van der Waals surface area contributed by atoms with Crippen molar-refractivity contribution in [1.29, 1.82) is 0 Å². The van der Waals surface area contributed by atoms with E-state index < -0.39 is 17.5 Å². The Balaban J connectivity index is 1.65. The number of rotatable bonds is 4. The van der Waals surface area contributed by atoms with E-state index in [9.17, 15) is 13.6 Å². The molecule has 0 atom stereocenters. The minimum atomic E-state index is -0.836. The van der Waals surface area contributed by atoms with Gasteiger partial charge in [-0.05, 0) is 36.4 Å². The number of halogens is 3. The van der Waals surface area contributed by atoms with Crippen molar-refractivity contribution in [3.63, 3.8) is 0 Å². The number of aromatic nitrogens is 4. The Morgan fingerprint density at radius 2 is 1.88 bits per heavy atom. The van der Waals surface area contributed by atoms with Crippen LogP contribution in [0.2, 0.25) is 5.02 Å². The van der Waals surface area contributed by atoms with Crippen molar-refractivity contribution < 1.29 is 13.6 Å². The number of amides is 1. The number of carbonyl (C=O) groups excluding carboxylic acids is 1. The van der Waals surface area contributed by atoms with E-state index in [1.807, 2.05) is 0 Å². The molecular formula is C22H13ClF2N6O. The summed E-state index contributed by atoms with van der Waals surface area (Å²) in [6.45, 7) is 0. The smallest absolute Gasteiger partial charge is 0.258 e. The standard InChI is InChI=1S/C22H13ClF2N6O/c1-2-12-7-17(19(25)10-16(12)15-4-3-13(24)8-20(15)26)22(32)30-14-9-18(23)21(27-11-14)31-28-5-6-29-31/h1,3-11H,26H2,(H,30,32). The highest BCUT2D eigenvalue weighted by Crippen LogP contribution is 2.31. The van der Waals surface area contributed by atoms with Crippen molar-refractivity contribution in [2.75, 3.05) is 11.1 Å². The second kappa shape index (κ2) is 8.45. The normalized spacial score (nSPS) is 10.6. The molecule has 2 aromatic heterocycles. The number of pyridine rings is 1. The third-order valence-electron chi connectivity index (χ3n) is 4.50. The zero-order valence-electron chi connectivity index (χ0n) is 16.2. The van der Waals surface area contributed by atoms with Gasteiger partial charge in [0, 0.05) is 22.4 Å². The molecule has 0 aliphatic heterocycles. The monoisotopic (exact) mass is 450 g/mol. The Kier molecular flexibility index (Phi) is 5.54. The molecule has 4 aromatic rings. The average molecular weight is 451 g/mol. The lowest BCUT2D eigenvalue weighted by Gasteiger charge is -2.12. The molecule has 3 N–H and O–H groups in total. The molecular weight excluding hydrogens is 438 g/mol. The fraction of sp³-hybridized carbons (Fsp3) is 0. The van der Waals surface area contributed by atoms with Gasteiger partial charge in [0.25, 0.3) is 5.91 Å². The van der Waals surface area contributed by atoms with Gasteiger partial charge in [-0.15, -0.1) is 11.2 Å². The summed E-state index contributed by atoms with van der Waals surface area (Å²) in [4.78, 5) is 18.0. The largest absolute Gasteiger partial charge is 0.398 e. The quantitative estimate of drug-likeness (QED) is 0.360. The molecule has 2 aromatic carbocycles. The van der Waals surface area contributed by atoms with Crippen LogP contribution in [0.3, 0.4) is 0 Å². The molecule has 0 radical (unpaired) electrons. The third kappa shape index (κ3) is 3.99. The first-order chi connectivity index (χ1) is 15.4. The van der Waals surface area contributed by atoms with E-state index in [-0.39, 0.29) is 38.9 Å². The number of hydrogen-bond donors (Lipinski definition) is 2. The zero-order valence-corrected chi connectivity index (χ0v) is 16.9. The molecule has 0 saturated carbocycles. The third-order valence-corrected chi connectivity index (χ3v) is 4.78. The summed E-state index contributed by atoms with van der Waals surface area (Å²) in [6, 6.07) is 7.42. The van der Waals surface area contributed by atoms with Gasteiger partial charge in [0.15, 0.2) is 5.82 Å². The lowest BCUT2D eigenvalue weighted by molar-refractivity contribution is 0.102. The highest BCUT2D eigenvalue weighted by molar-refractivity contribution is 6.32. The molecule has 0 bridgehead atoms. The van der Waals surface area contributed by atoms with Gasteiger partial charge in [-0.25, -0.2) is 13.8 Å². The van der Waals surface area contributed by atoms with Crippen LogP contribution in [0.15, 0.2) is 55.0 Å². The fourth-order valence-corrected chi connectivity index (χ4v) is 3.28. The topological polar surface area (TPSA) is 98.7 Å². The van der Waals surface area contributed by atoms with E-state index in [0.29, 0.717) is 5.56 Å². The summed E-state index contributed by atoms with van der Waals surface area (Å²) in [5.41, 5.74) is 6.70. The number of benzene rings is 2. The van der Waals surface area contributed by atoms with E-state index in [4.69, 9.17) is 23.8 Å². The van der Waals surface area contributed by atoms with Crippen molar-refractivity contribution in [2.24, 2.45) is 0 Å². The summed E-state index contributed by atoms with van der Waals surface area (Å²) in [5.74, 6) is 0.534. The van der Waals surface area contributed by atoms with E-state index in [0.717, 1.165) is 12.1 Å². The number of nitrogens with zero attached hydrogens (tertiary/aromatic N) is 4. The van der Waals surface area contributed by atoms with E-state index in [1.165, 1.54) is 47.7 Å². The Bertz CT molecular complexity index is 1380. The highest BCUT2D eigenvalue weighted by atomic mass is 35.5. The van der Waals surface area contributed by atoms with Crippen LogP contribution < -0.4 is 11.1 Å². The molecule has 0 aliphatic carbocycles. The van der Waals surface area contributed by atoms with Crippen LogP contribution in [0.5, 0.6) is 0 Å². The first kappa shape index (κ1) is 21.0. The number of nitrogens with one attached hydrogen (secondary N) is 1. The van der Waals surface area contributed by atoms with Crippen LogP contribution in [0.1, 0.15) is 15.9 Å². The highest BCUT2D eigenvalue weighted by Gasteiger charge is 2.18. The minimum Gasteiger partial charge on any atom is -0.398 e. The molecule has 0 spiro atoms. The van der Waals surface area contributed by atoms with Gasteiger partial charge in [0.05, 0.1) is 34.9 Å². The number of carbonyl (C=O) groups is 1. The first-order valence-electron chi connectivity index (χ1n) is 9.06. The Labute approximate surface area is 185 Å². The summed E-state index contributed by atoms with van der Waals surface area (Å²) < 4.78 is 28.2. The number of nitrogen functional groups attached to an aromatic ring is 1. The van der Waals surface area contributed by atoms with Crippen molar-refractivity contribution in [3.8, 4) is 29.3 Å². The van der Waals surface area contributed by atoms with Gasteiger partial charge in [-0.3, -0.25) is 4.79 Å². The molecule has 7 nitrogen and oxygen atoms in total. The number of hydrogen-bond acceptors (Lipinski definition) is 5.